The lowest BCUT2D eigenvalue weighted by atomic mass is 10.1. The van der Waals surface area contributed by atoms with Gasteiger partial charge in [-0.25, -0.2) is 9.18 Å². The maximum Gasteiger partial charge on any atom is 0.321 e. The molecule has 1 aliphatic carbocycles. The van der Waals surface area contributed by atoms with Gasteiger partial charge in [-0.05, 0) is 44.2 Å². The number of amides is 2. The van der Waals surface area contributed by atoms with Gasteiger partial charge in [-0.3, -0.25) is 0 Å². The Kier molecular flexibility index (Phi) is 5.00. The standard InChI is InChI=1S/C17H23FN2O3/c18-15-9-13(5-6-16(15)23-14-3-1-2-4-14)19-17(22)20-8-7-12(10-20)11-21/h5-6,9,12,14,21H,1-4,7-8,10-11H2,(H,19,22). The lowest BCUT2D eigenvalue weighted by Crippen LogP contribution is -2.33. The third-order valence-corrected chi connectivity index (χ3v) is 4.61. The summed E-state index contributed by atoms with van der Waals surface area (Å²) in [6, 6.07) is 4.26. The Hall–Kier alpha value is -1.82. The van der Waals surface area contributed by atoms with E-state index in [1.807, 2.05) is 0 Å². The number of carbonyl (C=O) groups excluding carboxylic acids is 1. The molecule has 23 heavy (non-hydrogen) atoms. The normalized spacial score (nSPS) is 21.7. The first kappa shape index (κ1) is 16.1. The summed E-state index contributed by atoms with van der Waals surface area (Å²) in [7, 11) is 0. The molecule has 2 aliphatic rings. The second kappa shape index (κ2) is 7.17. The molecule has 1 aromatic carbocycles. The predicted octanol–water partition coefficient (Wildman–Crippen LogP) is 2.99. The smallest absolute Gasteiger partial charge is 0.321 e. The summed E-state index contributed by atoms with van der Waals surface area (Å²) in [6.45, 7) is 1.24. The molecule has 2 fully saturated rings. The van der Waals surface area contributed by atoms with Crippen LogP contribution in [0.25, 0.3) is 0 Å². The van der Waals surface area contributed by atoms with Crippen LogP contribution >= 0.6 is 0 Å². The third kappa shape index (κ3) is 3.93. The van der Waals surface area contributed by atoms with Gasteiger partial charge in [0.05, 0.1) is 6.10 Å². The molecule has 1 heterocycles. The second-order valence-electron chi connectivity index (χ2n) is 6.38. The van der Waals surface area contributed by atoms with E-state index in [9.17, 15) is 9.18 Å². The maximum absolute atomic E-state index is 14.1. The molecule has 0 aromatic heterocycles. The molecule has 1 atom stereocenters. The minimum Gasteiger partial charge on any atom is -0.487 e. The Balaban J connectivity index is 1.58. The minimum absolute atomic E-state index is 0.0889. The van der Waals surface area contributed by atoms with Gasteiger partial charge in [-0.2, -0.15) is 0 Å². The number of rotatable bonds is 4. The number of hydrogen-bond donors (Lipinski definition) is 2. The van der Waals surface area contributed by atoms with E-state index in [1.165, 1.54) is 6.07 Å². The number of aliphatic hydroxyl groups excluding tert-OH is 1. The van der Waals surface area contributed by atoms with Gasteiger partial charge in [0, 0.05) is 37.4 Å². The Morgan fingerprint density at radius 3 is 2.78 bits per heavy atom. The van der Waals surface area contributed by atoms with E-state index in [0.717, 1.165) is 32.1 Å². The van der Waals surface area contributed by atoms with Crippen LogP contribution < -0.4 is 10.1 Å². The number of anilines is 1. The van der Waals surface area contributed by atoms with Crippen molar-refractivity contribution >= 4 is 11.7 Å². The minimum atomic E-state index is -0.454. The van der Waals surface area contributed by atoms with Crippen molar-refractivity contribution in [2.75, 3.05) is 25.0 Å². The monoisotopic (exact) mass is 322 g/mol. The molecule has 0 radical (unpaired) electrons. The molecule has 3 rings (SSSR count). The molecule has 1 unspecified atom stereocenters. The topological polar surface area (TPSA) is 61.8 Å². The molecule has 5 nitrogen and oxygen atoms in total. The van der Waals surface area contributed by atoms with Gasteiger partial charge in [0.2, 0.25) is 0 Å². The third-order valence-electron chi connectivity index (χ3n) is 4.61. The van der Waals surface area contributed by atoms with Crippen LogP contribution in [0.4, 0.5) is 14.9 Å². The van der Waals surface area contributed by atoms with Crippen molar-refractivity contribution in [2.24, 2.45) is 5.92 Å². The first-order valence-corrected chi connectivity index (χ1v) is 8.28. The Morgan fingerprint density at radius 2 is 2.13 bits per heavy atom. The van der Waals surface area contributed by atoms with Crippen molar-refractivity contribution in [1.29, 1.82) is 0 Å². The zero-order valence-corrected chi connectivity index (χ0v) is 13.1. The van der Waals surface area contributed by atoms with Crippen LogP contribution in [0.2, 0.25) is 0 Å². The Labute approximate surface area is 135 Å². The molecular weight excluding hydrogens is 299 g/mol. The number of halogens is 1. The fourth-order valence-corrected chi connectivity index (χ4v) is 3.23. The number of ether oxygens (including phenoxy) is 1. The number of hydrogen-bond acceptors (Lipinski definition) is 3. The first-order chi connectivity index (χ1) is 11.2. The molecule has 1 saturated carbocycles. The van der Waals surface area contributed by atoms with Crippen LogP contribution in [0.1, 0.15) is 32.1 Å². The van der Waals surface area contributed by atoms with Gasteiger partial charge in [0.25, 0.3) is 0 Å². The summed E-state index contributed by atoms with van der Waals surface area (Å²) in [5.41, 5.74) is 0.415. The number of urea groups is 1. The molecule has 6 heteroatoms. The number of benzene rings is 1. The number of carbonyl (C=O) groups is 1. The number of aliphatic hydroxyl groups is 1. The summed E-state index contributed by atoms with van der Waals surface area (Å²) in [5, 5.41) is 11.8. The number of likely N-dealkylation sites (tertiary alicyclic amines) is 1. The highest BCUT2D eigenvalue weighted by Crippen LogP contribution is 2.28. The highest BCUT2D eigenvalue weighted by molar-refractivity contribution is 5.89. The average Bonchev–Trinajstić information content (AvgIpc) is 3.21. The number of nitrogens with zero attached hydrogens (tertiary/aromatic N) is 1. The molecule has 126 valence electrons. The van der Waals surface area contributed by atoms with Crippen molar-refractivity contribution in [1.82, 2.24) is 4.90 Å². The van der Waals surface area contributed by atoms with Crippen molar-refractivity contribution in [3.8, 4) is 5.75 Å². The zero-order valence-electron chi connectivity index (χ0n) is 13.1. The highest BCUT2D eigenvalue weighted by atomic mass is 19.1. The molecule has 0 bridgehead atoms. The van der Waals surface area contributed by atoms with Gasteiger partial charge < -0.3 is 20.1 Å². The van der Waals surface area contributed by atoms with E-state index in [-0.39, 0.29) is 30.4 Å². The van der Waals surface area contributed by atoms with Crippen LogP contribution in [-0.4, -0.2) is 41.8 Å². The van der Waals surface area contributed by atoms with Crippen molar-refractivity contribution in [3.63, 3.8) is 0 Å². The van der Waals surface area contributed by atoms with Crippen molar-refractivity contribution in [3.05, 3.63) is 24.0 Å². The first-order valence-electron chi connectivity index (χ1n) is 8.28. The SMILES string of the molecule is O=C(Nc1ccc(OC2CCCC2)c(F)c1)N1CCC(CO)C1. The molecule has 1 aliphatic heterocycles. The molecule has 2 N–H and O–H groups in total. The van der Waals surface area contributed by atoms with Crippen LogP contribution in [0.3, 0.4) is 0 Å². The van der Waals surface area contributed by atoms with Crippen LogP contribution in [-0.2, 0) is 0 Å². The van der Waals surface area contributed by atoms with Crippen LogP contribution in [0, 0.1) is 11.7 Å². The molecular formula is C17H23FN2O3. The zero-order chi connectivity index (χ0) is 16.2. The van der Waals surface area contributed by atoms with E-state index in [2.05, 4.69) is 5.32 Å². The number of nitrogens with one attached hydrogen (secondary N) is 1. The van der Waals surface area contributed by atoms with Gasteiger partial charge in [-0.15, -0.1) is 0 Å². The van der Waals surface area contributed by atoms with E-state index >= 15 is 0 Å². The maximum atomic E-state index is 14.1. The van der Waals surface area contributed by atoms with E-state index in [1.54, 1.807) is 17.0 Å². The lowest BCUT2D eigenvalue weighted by Gasteiger charge is -2.18. The molecule has 1 saturated heterocycles. The van der Waals surface area contributed by atoms with Gasteiger partial charge in [0.1, 0.15) is 0 Å². The van der Waals surface area contributed by atoms with Crippen molar-refractivity contribution in [2.45, 2.75) is 38.2 Å². The summed E-state index contributed by atoms with van der Waals surface area (Å²) >= 11 is 0. The summed E-state index contributed by atoms with van der Waals surface area (Å²) < 4.78 is 19.8. The van der Waals surface area contributed by atoms with Crippen molar-refractivity contribution < 1.29 is 19.0 Å². The van der Waals surface area contributed by atoms with E-state index in [0.29, 0.717) is 18.8 Å². The fourth-order valence-electron chi connectivity index (χ4n) is 3.23. The highest BCUT2D eigenvalue weighted by Gasteiger charge is 2.26. The van der Waals surface area contributed by atoms with Gasteiger partial charge in [0.15, 0.2) is 11.6 Å². The molecule has 0 spiro atoms. The summed E-state index contributed by atoms with van der Waals surface area (Å²) in [6.07, 6.45) is 5.10. The Morgan fingerprint density at radius 1 is 1.35 bits per heavy atom. The second-order valence-corrected chi connectivity index (χ2v) is 6.38. The summed E-state index contributed by atoms with van der Waals surface area (Å²) in [5.74, 6) is -0.0690. The largest absolute Gasteiger partial charge is 0.487 e. The fraction of sp³-hybridized carbons (Fsp3) is 0.588. The van der Waals surface area contributed by atoms with E-state index < -0.39 is 5.82 Å². The lowest BCUT2D eigenvalue weighted by molar-refractivity contribution is 0.200. The molecule has 2 amide bonds. The van der Waals surface area contributed by atoms with Gasteiger partial charge in [-0.1, -0.05) is 0 Å². The van der Waals surface area contributed by atoms with E-state index in [4.69, 9.17) is 9.84 Å². The van der Waals surface area contributed by atoms with Crippen LogP contribution in [0.15, 0.2) is 18.2 Å². The average molecular weight is 322 g/mol. The quantitative estimate of drug-likeness (QED) is 0.896. The predicted molar refractivity (Wildman–Crippen MR) is 85.1 cm³/mol. The Bertz CT molecular complexity index is 561. The summed E-state index contributed by atoms with van der Waals surface area (Å²) in [4.78, 5) is 13.8. The van der Waals surface area contributed by atoms with Crippen LogP contribution in [0.5, 0.6) is 5.75 Å². The van der Waals surface area contributed by atoms with Gasteiger partial charge >= 0.3 is 6.03 Å². The molecule has 1 aromatic rings.